The summed E-state index contributed by atoms with van der Waals surface area (Å²) in [4.78, 5) is 27.6. The second-order valence-corrected chi connectivity index (χ2v) is 7.63. The van der Waals surface area contributed by atoms with Gasteiger partial charge < -0.3 is 29.0 Å². The third-order valence-corrected chi connectivity index (χ3v) is 5.45. The zero-order chi connectivity index (χ0) is 24.2. The van der Waals surface area contributed by atoms with E-state index in [9.17, 15) is 19.8 Å². The van der Waals surface area contributed by atoms with E-state index in [1.165, 1.54) is 23.3 Å². The summed E-state index contributed by atoms with van der Waals surface area (Å²) < 4.78 is 16.6. The van der Waals surface area contributed by atoms with Crippen LogP contribution in [0.2, 0.25) is 0 Å². The molecule has 34 heavy (non-hydrogen) atoms. The van der Waals surface area contributed by atoms with E-state index in [-0.39, 0.29) is 29.2 Å². The first-order valence-electron chi connectivity index (χ1n) is 10.9. The average Bonchev–Trinajstić information content (AvgIpc) is 3.42. The van der Waals surface area contributed by atoms with Gasteiger partial charge in [-0.05, 0) is 55.8 Å². The fraction of sp³-hybridized carbons (Fsp3) is 0.231. The van der Waals surface area contributed by atoms with Crippen LogP contribution in [0.25, 0.3) is 5.76 Å². The highest BCUT2D eigenvalue weighted by Crippen LogP contribution is 2.42. The number of phenolic OH excluding ortho intramolecular Hbond substituents is 1. The largest absolute Gasteiger partial charge is 0.508 e. The van der Waals surface area contributed by atoms with Crippen LogP contribution in [0.3, 0.4) is 0 Å². The number of nitrogens with zero attached hydrogens (tertiary/aromatic N) is 1. The molecule has 0 spiro atoms. The quantitative estimate of drug-likeness (QED) is 0.289. The molecule has 1 aliphatic rings. The number of ketones is 1. The smallest absolute Gasteiger partial charge is 0.296 e. The van der Waals surface area contributed by atoms with Crippen LogP contribution >= 0.6 is 0 Å². The van der Waals surface area contributed by atoms with E-state index in [1.807, 2.05) is 6.92 Å². The lowest BCUT2D eigenvalue weighted by Crippen LogP contribution is -2.29. The molecule has 0 bridgehead atoms. The number of ether oxygens (including phenoxy) is 2. The molecule has 1 saturated heterocycles. The van der Waals surface area contributed by atoms with Gasteiger partial charge in [0.05, 0.1) is 43.2 Å². The van der Waals surface area contributed by atoms with Gasteiger partial charge in [-0.25, -0.2) is 0 Å². The van der Waals surface area contributed by atoms with Gasteiger partial charge in [0.25, 0.3) is 11.7 Å². The second kappa shape index (κ2) is 9.74. The first kappa shape index (κ1) is 23.0. The Morgan fingerprint density at radius 2 is 1.82 bits per heavy atom. The number of carbonyl (C=O) groups excluding carboxylic acids is 2. The van der Waals surface area contributed by atoms with Crippen LogP contribution in [0.5, 0.6) is 17.2 Å². The van der Waals surface area contributed by atoms with Crippen LogP contribution in [0, 0.1) is 0 Å². The van der Waals surface area contributed by atoms with Crippen LogP contribution in [-0.2, 0) is 16.1 Å². The second-order valence-electron chi connectivity index (χ2n) is 7.63. The van der Waals surface area contributed by atoms with Crippen molar-refractivity contribution in [2.45, 2.75) is 26.4 Å². The highest BCUT2D eigenvalue weighted by atomic mass is 16.5. The first-order chi connectivity index (χ1) is 16.4. The Bertz CT molecular complexity index is 1230. The number of rotatable bonds is 8. The summed E-state index contributed by atoms with van der Waals surface area (Å²) >= 11 is 0. The van der Waals surface area contributed by atoms with E-state index in [2.05, 4.69) is 0 Å². The molecule has 2 heterocycles. The Labute approximate surface area is 196 Å². The summed E-state index contributed by atoms with van der Waals surface area (Å²) in [6.07, 6.45) is 1.48. The Balaban J connectivity index is 1.88. The minimum atomic E-state index is -0.946. The number of amides is 1. The molecule has 1 aromatic heterocycles. The van der Waals surface area contributed by atoms with Crippen molar-refractivity contribution >= 4 is 17.4 Å². The monoisotopic (exact) mass is 463 g/mol. The number of aliphatic hydroxyl groups is 1. The lowest BCUT2D eigenvalue weighted by atomic mass is 9.94. The van der Waals surface area contributed by atoms with Gasteiger partial charge in [-0.3, -0.25) is 9.59 Å². The molecule has 8 heteroatoms. The predicted octanol–water partition coefficient (Wildman–Crippen LogP) is 4.40. The van der Waals surface area contributed by atoms with Crippen LogP contribution in [-0.4, -0.2) is 40.0 Å². The molecule has 176 valence electrons. The molecule has 1 fully saturated rings. The summed E-state index contributed by atoms with van der Waals surface area (Å²) in [7, 11) is 0. The SMILES string of the molecule is CCOc1ccc(/C(O)=C2/C(=O)C(=O)N(Cc3ccco3)C2c2cccc(O)c2)c(OCC)c1. The molecule has 0 aliphatic carbocycles. The van der Waals surface area contributed by atoms with E-state index in [1.54, 1.807) is 49.4 Å². The molecule has 3 aromatic rings. The van der Waals surface area contributed by atoms with Crippen molar-refractivity contribution in [3.05, 3.63) is 83.3 Å². The Morgan fingerprint density at radius 1 is 1.03 bits per heavy atom. The predicted molar refractivity (Wildman–Crippen MR) is 123 cm³/mol. The number of carbonyl (C=O) groups is 2. The summed E-state index contributed by atoms with van der Waals surface area (Å²) in [5.41, 5.74) is 0.620. The Kier molecular flexibility index (Phi) is 6.58. The molecular formula is C26H25NO7. The molecule has 2 N–H and O–H groups in total. The van der Waals surface area contributed by atoms with Gasteiger partial charge in [0.1, 0.15) is 28.8 Å². The molecule has 4 rings (SSSR count). The number of likely N-dealkylation sites (tertiary alicyclic amines) is 1. The van der Waals surface area contributed by atoms with Crippen molar-refractivity contribution in [1.82, 2.24) is 4.90 Å². The maximum absolute atomic E-state index is 13.2. The molecule has 1 aliphatic heterocycles. The molecule has 0 saturated carbocycles. The van der Waals surface area contributed by atoms with Crippen LogP contribution in [0.1, 0.15) is 36.8 Å². The summed E-state index contributed by atoms with van der Waals surface area (Å²) in [5, 5.41) is 21.4. The van der Waals surface area contributed by atoms with Crippen molar-refractivity contribution in [3.63, 3.8) is 0 Å². The lowest BCUT2D eigenvalue weighted by Gasteiger charge is -2.24. The molecule has 0 radical (unpaired) electrons. The number of benzene rings is 2. The highest BCUT2D eigenvalue weighted by molar-refractivity contribution is 6.46. The van der Waals surface area contributed by atoms with E-state index < -0.39 is 17.7 Å². The van der Waals surface area contributed by atoms with Crippen LogP contribution < -0.4 is 9.47 Å². The van der Waals surface area contributed by atoms with Crippen LogP contribution in [0.4, 0.5) is 0 Å². The third-order valence-electron chi connectivity index (χ3n) is 5.45. The normalized spacial score (nSPS) is 17.2. The maximum atomic E-state index is 13.2. The number of phenols is 1. The molecule has 8 nitrogen and oxygen atoms in total. The summed E-state index contributed by atoms with van der Waals surface area (Å²) in [6.45, 7) is 4.43. The first-order valence-corrected chi connectivity index (χ1v) is 10.9. The zero-order valence-electron chi connectivity index (χ0n) is 18.9. The van der Waals surface area contributed by atoms with E-state index in [0.29, 0.717) is 36.0 Å². The zero-order valence-corrected chi connectivity index (χ0v) is 18.9. The lowest BCUT2D eigenvalue weighted by molar-refractivity contribution is -0.140. The van der Waals surface area contributed by atoms with Crippen molar-refractivity contribution < 1.29 is 33.7 Å². The standard InChI is InChI=1S/C26H25NO7/c1-3-32-18-10-11-20(21(14-18)33-4-2)24(29)22-23(16-7-5-8-17(28)13-16)27(26(31)25(22)30)15-19-9-6-12-34-19/h5-14,23,28-29H,3-4,15H2,1-2H3/b24-22-. The van der Waals surface area contributed by atoms with Gasteiger partial charge in [-0.15, -0.1) is 0 Å². The van der Waals surface area contributed by atoms with Gasteiger partial charge in [-0.1, -0.05) is 12.1 Å². The molecule has 2 aromatic carbocycles. The number of furan rings is 1. The van der Waals surface area contributed by atoms with E-state index in [0.717, 1.165) is 0 Å². The van der Waals surface area contributed by atoms with E-state index >= 15 is 0 Å². The van der Waals surface area contributed by atoms with Gasteiger partial charge in [0, 0.05) is 6.07 Å². The van der Waals surface area contributed by atoms with Crippen molar-refractivity contribution in [1.29, 1.82) is 0 Å². The van der Waals surface area contributed by atoms with Crippen molar-refractivity contribution in [2.75, 3.05) is 13.2 Å². The fourth-order valence-electron chi connectivity index (χ4n) is 4.03. The highest BCUT2D eigenvalue weighted by Gasteiger charge is 2.46. The van der Waals surface area contributed by atoms with Crippen LogP contribution in [0.15, 0.2) is 70.9 Å². The summed E-state index contributed by atoms with van der Waals surface area (Å²) in [5.74, 6) is -0.688. The van der Waals surface area contributed by atoms with Gasteiger partial charge in [0.15, 0.2) is 0 Å². The molecule has 1 atom stereocenters. The fourth-order valence-corrected chi connectivity index (χ4v) is 4.03. The Morgan fingerprint density at radius 3 is 2.50 bits per heavy atom. The molecule has 1 unspecified atom stereocenters. The molecule has 1 amide bonds. The Hall–Kier alpha value is -4.20. The topological polar surface area (TPSA) is 109 Å². The number of aliphatic hydroxyl groups excluding tert-OH is 1. The third kappa shape index (κ3) is 4.34. The van der Waals surface area contributed by atoms with Gasteiger partial charge >= 0.3 is 0 Å². The average molecular weight is 463 g/mol. The van der Waals surface area contributed by atoms with Crippen molar-refractivity contribution in [3.8, 4) is 17.2 Å². The maximum Gasteiger partial charge on any atom is 0.296 e. The van der Waals surface area contributed by atoms with Gasteiger partial charge in [-0.2, -0.15) is 0 Å². The van der Waals surface area contributed by atoms with E-state index in [4.69, 9.17) is 13.9 Å². The molecular weight excluding hydrogens is 438 g/mol. The number of aromatic hydroxyl groups is 1. The number of hydrogen-bond donors (Lipinski definition) is 2. The summed E-state index contributed by atoms with van der Waals surface area (Å²) in [6, 6.07) is 13.5. The minimum Gasteiger partial charge on any atom is -0.508 e. The minimum absolute atomic E-state index is 0.0102. The number of Topliss-reactive ketones (excluding diaryl/α,β-unsaturated/α-hetero) is 1. The van der Waals surface area contributed by atoms with Gasteiger partial charge in [0.2, 0.25) is 0 Å². The number of hydrogen-bond acceptors (Lipinski definition) is 7. The van der Waals surface area contributed by atoms with Crippen molar-refractivity contribution in [2.24, 2.45) is 0 Å².